The molecule has 0 unspecified atom stereocenters. The molecule has 0 aromatic heterocycles. The quantitative estimate of drug-likeness (QED) is 0.317. The molecule has 0 atom stereocenters. The van der Waals surface area contributed by atoms with Crippen molar-refractivity contribution < 1.29 is 0 Å². The molecule has 0 amide bonds. The Kier molecular flexibility index (Phi) is 4.34. The Morgan fingerprint density at radius 1 is 0.567 bits per heavy atom. The highest BCUT2D eigenvalue weighted by Gasteiger charge is 2.39. The van der Waals surface area contributed by atoms with Crippen LogP contribution in [0.25, 0.3) is 11.1 Å². The lowest BCUT2D eigenvalue weighted by atomic mass is 9.82. The van der Waals surface area contributed by atoms with Crippen LogP contribution in [0.2, 0.25) is 6.55 Å². The van der Waals surface area contributed by atoms with Crippen LogP contribution in [0.5, 0.6) is 0 Å². The van der Waals surface area contributed by atoms with Gasteiger partial charge in [0.05, 0.1) is 0 Å². The molecule has 0 saturated carbocycles. The molecule has 0 aliphatic heterocycles. The summed E-state index contributed by atoms with van der Waals surface area (Å²) >= 11 is 0. The highest BCUT2D eigenvalue weighted by Crippen LogP contribution is 2.48. The van der Waals surface area contributed by atoms with Crippen molar-refractivity contribution in [2.45, 2.75) is 32.7 Å². The summed E-state index contributed by atoms with van der Waals surface area (Å²) in [5, 5.41) is 4.40. The number of fused-ring (bicyclic) bond motifs is 3. The molecule has 0 fully saturated rings. The third-order valence-electron chi connectivity index (χ3n) is 7.11. The number of rotatable bonds is 3. The van der Waals surface area contributed by atoms with Crippen molar-refractivity contribution in [3.05, 3.63) is 114 Å². The zero-order valence-corrected chi connectivity index (χ0v) is 19.2. The smallest absolute Gasteiger partial charge is 0.0624 e. The van der Waals surface area contributed by atoms with E-state index in [1.807, 2.05) is 0 Å². The van der Waals surface area contributed by atoms with Gasteiger partial charge in [0.2, 0.25) is 0 Å². The first-order valence-electron chi connectivity index (χ1n) is 10.8. The van der Waals surface area contributed by atoms with Crippen LogP contribution in [0, 0.1) is 6.92 Å². The molecule has 1 aliphatic rings. The summed E-state index contributed by atoms with van der Waals surface area (Å²) in [5.41, 5.74) is 7.08. The van der Waals surface area contributed by atoms with E-state index in [0.717, 1.165) is 0 Å². The molecule has 0 saturated heterocycles. The van der Waals surface area contributed by atoms with Gasteiger partial charge in [0.1, 0.15) is 8.07 Å². The Hall–Kier alpha value is -2.90. The van der Waals surface area contributed by atoms with Gasteiger partial charge in [-0.05, 0) is 44.7 Å². The highest BCUT2D eigenvalue weighted by molar-refractivity contribution is 7.10. The van der Waals surface area contributed by atoms with Gasteiger partial charge in [0.25, 0.3) is 0 Å². The third kappa shape index (κ3) is 2.73. The van der Waals surface area contributed by atoms with Gasteiger partial charge in [-0.1, -0.05) is 123 Å². The normalized spacial score (nSPS) is 14.3. The van der Waals surface area contributed by atoms with E-state index >= 15 is 0 Å². The fraction of sp³-hybridized carbons (Fsp3) is 0.172. The van der Waals surface area contributed by atoms with Gasteiger partial charge in [-0.15, -0.1) is 0 Å². The van der Waals surface area contributed by atoms with Crippen LogP contribution in [0.1, 0.15) is 30.5 Å². The van der Waals surface area contributed by atoms with Gasteiger partial charge in [-0.3, -0.25) is 0 Å². The van der Waals surface area contributed by atoms with Gasteiger partial charge >= 0.3 is 0 Å². The van der Waals surface area contributed by atoms with Crippen molar-refractivity contribution in [3.8, 4) is 11.1 Å². The SMILES string of the molecule is Cc1ccc2c(c1)C(C)(C)c1cc([Si](C)(c3ccccc3)c3ccccc3)ccc1-2. The van der Waals surface area contributed by atoms with Crippen LogP contribution in [0.3, 0.4) is 0 Å². The van der Waals surface area contributed by atoms with Gasteiger partial charge in [0.15, 0.2) is 0 Å². The van der Waals surface area contributed by atoms with Crippen LogP contribution < -0.4 is 15.6 Å². The standard InChI is InChI=1S/C29H28Si/c1-21-15-17-25-26-18-16-24(20-28(26)29(2,3)27(25)19-21)30(4,22-11-7-5-8-12-22)23-13-9-6-10-14-23/h5-20H,1-4H3. The summed E-state index contributed by atoms with van der Waals surface area (Å²) in [6.45, 7) is 9.45. The van der Waals surface area contributed by atoms with Crippen molar-refractivity contribution in [2.24, 2.45) is 0 Å². The summed E-state index contributed by atoms with van der Waals surface area (Å²) in [6, 6.07) is 36.4. The maximum atomic E-state index is 2.52. The average molecular weight is 405 g/mol. The van der Waals surface area contributed by atoms with Crippen LogP contribution >= 0.6 is 0 Å². The Morgan fingerprint density at radius 2 is 1.07 bits per heavy atom. The molecule has 0 nitrogen and oxygen atoms in total. The summed E-state index contributed by atoms with van der Waals surface area (Å²) in [5.74, 6) is 0. The van der Waals surface area contributed by atoms with E-state index in [1.54, 1.807) is 0 Å². The minimum absolute atomic E-state index is 0.0232. The maximum absolute atomic E-state index is 2.52. The van der Waals surface area contributed by atoms with Crippen molar-refractivity contribution in [3.63, 3.8) is 0 Å². The summed E-state index contributed by atoms with van der Waals surface area (Å²) < 4.78 is 0. The van der Waals surface area contributed by atoms with Crippen molar-refractivity contribution in [2.75, 3.05) is 0 Å². The predicted molar refractivity (Wildman–Crippen MR) is 132 cm³/mol. The second-order valence-corrected chi connectivity index (χ2v) is 13.3. The van der Waals surface area contributed by atoms with Gasteiger partial charge in [-0.25, -0.2) is 0 Å². The third-order valence-corrected chi connectivity index (χ3v) is 11.6. The lowest BCUT2D eigenvalue weighted by molar-refractivity contribution is 0.660. The first-order valence-corrected chi connectivity index (χ1v) is 13.3. The van der Waals surface area contributed by atoms with Crippen LogP contribution in [0.4, 0.5) is 0 Å². The van der Waals surface area contributed by atoms with E-state index in [1.165, 1.54) is 43.4 Å². The van der Waals surface area contributed by atoms with Crippen LogP contribution in [-0.4, -0.2) is 8.07 Å². The lowest BCUT2D eigenvalue weighted by Gasteiger charge is -2.31. The molecule has 0 radical (unpaired) electrons. The Labute approximate surface area is 181 Å². The molecule has 0 spiro atoms. The fourth-order valence-corrected chi connectivity index (χ4v) is 8.77. The Morgan fingerprint density at radius 3 is 1.63 bits per heavy atom. The van der Waals surface area contributed by atoms with Crippen molar-refractivity contribution in [1.82, 2.24) is 0 Å². The van der Waals surface area contributed by atoms with E-state index in [4.69, 9.17) is 0 Å². The first kappa shape index (κ1) is 19.1. The van der Waals surface area contributed by atoms with Crippen molar-refractivity contribution >= 4 is 23.6 Å². The van der Waals surface area contributed by atoms with E-state index in [2.05, 4.69) is 124 Å². The first-order chi connectivity index (χ1) is 14.4. The van der Waals surface area contributed by atoms with Crippen molar-refractivity contribution in [1.29, 1.82) is 0 Å². The highest BCUT2D eigenvalue weighted by atomic mass is 28.3. The topological polar surface area (TPSA) is 0 Å². The second-order valence-electron chi connectivity index (χ2n) is 9.29. The maximum Gasteiger partial charge on any atom is 0.145 e. The fourth-order valence-electron chi connectivity index (χ4n) is 5.21. The minimum Gasteiger partial charge on any atom is -0.0624 e. The molecule has 1 heteroatoms. The predicted octanol–water partition coefficient (Wildman–Crippen LogP) is 5.40. The zero-order valence-electron chi connectivity index (χ0n) is 18.2. The van der Waals surface area contributed by atoms with Gasteiger partial charge in [0, 0.05) is 5.41 Å². The summed E-state index contributed by atoms with van der Waals surface area (Å²) in [6.07, 6.45) is 0. The summed E-state index contributed by atoms with van der Waals surface area (Å²) in [4.78, 5) is 0. The monoisotopic (exact) mass is 404 g/mol. The molecule has 1 aliphatic carbocycles. The van der Waals surface area contributed by atoms with Crippen LogP contribution in [-0.2, 0) is 5.41 Å². The molecule has 4 aromatic carbocycles. The van der Waals surface area contributed by atoms with E-state index in [0.29, 0.717) is 0 Å². The summed E-state index contributed by atoms with van der Waals surface area (Å²) in [7, 11) is -2.10. The van der Waals surface area contributed by atoms with Gasteiger partial charge in [-0.2, -0.15) is 0 Å². The van der Waals surface area contributed by atoms with E-state index in [9.17, 15) is 0 Å². The molecule has 30 heavy (non-hydrogen) atoms. The molecule has 0 N–H and O–H groups in total. The van der Waals surface area contributed by atoms with Gasteiger partial charge < -0.3 is 0 Å². The van der Waals surface area contributed by atoms with E-state index in [-0.39, 0.29) is 5.41 Å². The average Bonchev–Trinajstić information content (AvgIpc) is 3.00. The Balaban J connectivity index is 1.75. The molecule has 0 bridgehead atoms. The molecule has 4 aromatic rings. The second kappa shape index (κ2) is 6.82. The molecular formula is C29H28Si. The molecular weight excluding hydrogens is 376 g/mol. The Bertz CT molecular complexity index is 1180. The lowest BCUT2D eigenvalue weighted by Crippen LogP contribution is -2.64. The number of aryl methyl sites for hydroxylation is 1. The molecule has 148 valence electrons. The largest absolute Gasteiger partial charge is 0.145 e. The zero-order chi connectivity index (χ0) is 20.9. The number of hydrogen-bond donors (Lipinski definition) is 0. The minimum atomic E-state index is -2.10. The van der Waals surface area contributed by atoms with Crippen LogP contribution in [0.15, 0.2) is 97.1 Å². The molecule has 5 rings (SSSR count). The number of benzene rings is 4. The number of hydrogen-bond acceptors (Lipinski definition) is 0. The molecule has 0 heterocycles. The van der Waals surface area contributed by atoms with E-state index < -0.39 is 8.07 Å².